The molecule has 0 bridgehead atoms. The van der Waals surface area contributed by atoms with Gasteiger partial charge in [-0.05, 0) is 26.3 Å². The molecule has 0 saturated heterocycles. The first-order chi connectivity index (χ1) is 9.58. The number of aromatic nitrogens is 1. The van der Waals surface area contributed by atoms with Crippen molar-refractivity contribution in [1.29, 1.82) is 0 Å². The first kappa shape index (κ1) is 14.5. The molecule has 1 aromatic rings. The van der Waals surface area contributed by atoms with Crippen LogP contribution < -0.4 is 10.1 Å². The number of hydrogen-bond acceptors (Lipinski definition) is 4. The predicted octanol–water partition coefficient (Wildman–Crippen LogP) is 1.54. The van der Waals surface area contributed by atoms with E-state index in [1.165, 1.54) is 6.20 Å². The Morgan fingerprint density at radius 2 is 2.30 bits per heavy atom. The van der Waals surface area contributed by atoms with E-state index >= 15 is 0 Å². The summed E-state index contributed by atoms with van der Waals surface area (Å²) >= 11 is 0. The van der Waals surface area contributed by atoms with E-state index in [4.69, 9.17) is 9.84 Å². The topological polar surface area (TPSA) is 71.5 Å². The Hall–Kier alpha value is -1.88. The van der Waals surface area contributed by atoms with E-state index in [9.17, 15) is 4.79 Å². The van der Waals surface area contributed by atoms with Gasteiger partial charge in [0.25, 0.3) is 5.91 Å². The van der Waals surface area contributed by atoms with E-state index in [1.807, 2.05) is 26.0 Å². The number of ether oxygens (including phenoxy) is 1. The normalized spacial score (nSPS) is 21.2. The van der Waals surface area contributed by atoms with E-state index in [0.29, 0.717) is 11.3 Å². The van der Waals surface area contributed by atoms with Crippen LogP contribution >= 0.6 is 0 Å². The van der Waals surface area contributed by atoms with Crippen LogP contribution in [0.15, 0.2) is 30.6 Å². The molecule has 1 heterocycles. The minimum Gasteiger partial charge on any atom is -0.489 e. The van der Waals surface area contributed by atoms with Gasteiger partial charge in [-0.25, -0.2) is 0 Å². The van der Waals surface area contributed by atoms with Gasteiger partial charge in [0, 0.05) is 24.8 Å². The molecule has 1 amide bonds. The zero-order chi connectivity index (χ0) is 14.5. The van der Waals surface area contributed by atoms with Gasteiger partial charge in [-0.1, -0.05) is 12.2 Å². The number of aliphatic hydroxyl groups excluding tert-OH is 1. The van der Waals surface area contributed by atoms with E-state index in [2.05, 4.69) is 10.3 Å². The molecule has 1 aliphatic rings. The number of hydrogen-bond donors (Lipinski definition) is 2. The second kappa shape index (κ2) is 6.52. The summed E-state index contributed by atoms with van der Waals surface area (Å²) in [6.45, 7) is 3.96. The lowest BCUT2D eigenvalue weighted by molar-refractivity contribution is 0.0940. The van der Waals surface area contributed by atoms with Crippen molar-refractivity contribution in [2.45, 2.75) is 32.4 Å². The van der Waals surface area contributed by atoms with Crippen LogP contribution in [0.1, 0.15) is 30.6 Å². The summed E-state index contributed by atoms with van der Waals surface area (Å²) < 4.78 is 5.52. The highest BCUT2D eigenvalue weighted by Crippen LogP contribution is 2.18. The molecule has 1 aromatic heterocycles. The zero-order valence-electron chi connectivity index (χ0n) is 11.7. The van der Waals surface area contributed by atoms with Crippen molar-refractivity contribution in [3.8, 4) is 5.75 Å². The van der Waals surface area contributed by atoms with E-state index in [-0.39, 0.29) is 30.6 Å². The van der Waals surface area contributed by atoms with E-state index in [1.54, 1.807) is 12.3 Å². The number of pyridine rings is 1. The molecule has 0 saturated carbocycles. The van der Waals surface area contributed by atoms with Crippen molar-refractivity contribution in [2.75, 3.05) is 6.61 Å². The predicted molar refractivity (Wildman–Crippen MR) is 75.6 cm³/mol. The highest BCUT2D eigenvalue weighted by atomic mass is 16.5. The summed E-state index contributed by atoms with van der Waals surface area (Å²) in [7, 11) is 0. The number of carbonyl (C=O) groups is 1. The quantitative estimate of drug-likeness (QED) is 0.800. The summed E-state index contributed by atoms with van der Waals surface area (Å²) in [5.74, 6) is 0.539. The highest BCUT2D eigenvalue weighted by molar-refractivity contribution is 5.94. The van der Waals surface area contributed by atoms with Crippen LogP contribution in [0.5, 0.6) is 5.75 Å². The third-order valence-corrected chi connectivity index (χ3v) is 3.07. The first-order valence-electron chi connectivity index (χ1n) is 6.80. The van der Waals surface area contributed by atoms with Crippen molar-refractivity contribution < 1.29 is 14.6 Å². The number of carbonyl (C=O) groups excluding carboxylic acids is 1. The van der Waals surface area contributed by atoms with Crippen molar-refractivity contribution in [3.05, 3.63) is 36.2 Å². The summed E-state index contributed by atoms with van der Waals surface area (Å²) in [6.07, 6.45) is 7.73. The van der Waals surface area contributed by atoms with Gasteiger partial charge in [-0.2, -0.15) is 0 Å². The van der Waals surface area contributed by atoms with Crippen molar-refractivity contribution in [2.24, 2.45) is 5.92 Å². The van der Waals surface area contributed by atoms with Crippen molar-refractivity contribution >= 4 is 5.91 Å². The Labute approximate surface area is 118 Å². The molecular formula is C15H20N2O3. The number of rotatable bonds is 5. The van der Waals surface area contributed by atoms with Gasteiger partial charge in [0.1, 0.15) is 5.75 Å². The van der Waals surface area contributed by atoms with Gasteiger partial charge in [0.15, 0.2) is 0 Å². The number of amides is 1. The van der Waals surface area contributed by atoms with Crippen LogP contribution in [0.4, 0.5) is 0 Å². The smallest absolute Gasteiger partial charge is 0.253 e. The van der Waals surface area contributed by atoms with Crippen LogP contribution in [0.2, 0.25) is 0 Å². The van der Waals surface area contributed by atoms with E-state index in [0.717, 1.165) is 6.42 Å². The molecule has 2 N–H and O–H groups in total. The Morgan fingerprint density at radius 1 is 1.50 bits per heavy atom. The summed E-state index contributed by atoms with van der Waals surface area (Å²) in [5, 5.41) is 12.0. The van der Waals surface area contributed by atoms with E-state index < -0.39 is 0 Å². The van der Waals surface area contributed by atoms with Gasteiger partial charge >= 0.3 is 0 Å². The number of nitrogens with zero attached hydrogens (tertiary/aromatic N) is 1. The SMILES string of the molecule is CC(C)Oc1cncc(C(=O)N[C@@H]2C=C[C@H](CO)C2)c1. The number of nitrogens with one attached hydrogen (secondary N) is 1. The van der Waals surface area contributed by atoms with Crippen LogP contribution in [-0.4, -0.2) is 34.8 Å². The lowest BCUT2D eigenvalue weighted by Gasteiger charge is -2.14. The minimum atomic E-state index is -0.181. The average Bonchev–Trinajstić information content (AvgIpc) is 2.86. The van der Waals surface area contributed by atoms with Gasteiger partial charge in [-0.3, -0.25) is 9.78 Å². The molecule has 20 heavy (non-hydrogen) atoms. The molecule has 0 radical (unpaired) electrons. The molecule has 0 aliphatic heterocycles. The molecule has 0 spiro atoms. The average molecular weight is 276 g/mol. The lowest BCUT2D eigenvalue weighted by Crippen LogP contribution is -2.33. The second-order valence-electron chi connectivity index (χ2n) is 5.22. The summed E-state index contributed by atoms with van der Waals surface area (Å²) in [6, 6.07) is 1.65. The highest BCUT2D eigenvalue weighted by Gasteiger charge is 2.20. The maximum Gasteiger partial charge on any atom is 0.253 e. The monoisotopic (exact) mass is 276 g/mol. The van der Waals surface area contributed by atoms with Crippen molar-refractivity contribution in [1.82, 2.24) is 10.3 Å². The van der Waals surface area contributed by atoms with Crippen LogP contribution in [0.25, 0.3) is 0 Å². The molecule has 1 aliphatic carbocycles. The Balaban J connectivity index is 1.97. The Bertz CT molecular complexity index is 500. The molecule has 0 unspecified atom stereocenters. The van der Waals surface area contributed by atoms with Gasteiger partial charge in [-0.15, -0.1) is 0 Å². The molecule has 2 atom stereocenters. The molecule has 5 nitrogen and oxygen atoms in total. The molecule has 0 aromatic carbocycles. The molecular weight excluding hydrogens is 256 g/mol. The zero-order valence-corrected chi connectivity index (χ0v) is 11.7. The molecule has 108 valence electrons. The van der Waals surface area contributed by atoms with Crippen molar-refractivity contribution in [3.63, 3.8) is 0 Å². The molecule has 2 rings (SSSR count). The van der Waals surface area contributed by atoms with Crippen LogP contribution in [0.3, 0.4) is 0 Å². The lowest BCUT2D eigenvalue weighted by atomic mass is 10.1. The second-order valence-corrected chi connectivity index (χ2v) is 5.22. The molecule has 0 fully saturated rings. The first-order valence-corrected chi connectivity index (χ1v) is 6.80. The maximum absolute atomic E-state index is 12.1. The fraction of sp³-hybridized carbons (Fsp3) is 0.467. The maximum atomic E-state index is 12.1. The largest absolute Gasteiger partial charge is 0.489 e. The van der Waals surface area contributed by atoms with Gasteiger partial charge in [0.05, 0.1) is 17.9 Å². The van der Waals surface area contributed by atoms with Gasteiger partial charge < -0.3 is 15.2 Å². The van der Waals surface area contributed by atoms with Crippen LogP contribution in [-0.2, 0) is 0 Å². The Morgan fingerprint density at radius 3 is 2.95 bits per heavy atom. The number of aliphatic hydroxyl groups is 1. The summed E-state index contributed by atoms with van der Waals surface area (Å²) in [5.41, 5.74) is 0.476. The standard InChI is InChI=1S/C15H20N2O3/c1-10(2)20-14-6-12(7-16-8-14)15(19)17-13-4-3-11(5-13)9-18/h3-4,6-8,10-11,13,18H,5,9H2,1-2H3,(H,17,19)/t11-,13+/m0/s1. The van der Waals surface area contributed by atoms with Gasteiger partial charge in [0.2, 0.25) is 0 Å². The summed E-state index contributed by atoms with van der Waals surface area (Å²) in [4.78, 5) is 16.2. The Kier molecular flexibility index (Phi) is 4.74. The fourth-order valence-electron chi connectivity index (χ4n) is 2.15. The minimum absolute atomic E-state index is 0.0330. The third kappa shape index (κ3) is 3.81. The third-order valence-electron chi connectivity index (χ3n) is 3.07. The fourth-order valence-corrected chi connectivity index (χ4v) is 2.15. The molecule has 5 heteroatoms. The van der Waals surface area contributed by atoms with Crippen LogP contribution in [0, 0.1) is 5.92 Å².